The summed E-state index contributed by atoms with van der Waals surface area (Å²) in [6, 6.07) is 9.91. The number of carbonyl (C=O) groups is 1. The Bertz CT molecular complexity index is 383. The smallest absolute Gasteiger partial charge is 0.407 e. The number of benzene rings is 1. The molecule has 1 amide bonds. The summed E-state index contributed by atoms with van der Waals surface area (Å²) in [5, 5.41) is 2.93. The highest BCUT2D eigenvalue weighted by Gasteiger charge is 2.24. The lowest BCUT2D eigenvalue weighted by atomic mass is 9.95. The molecule has 1 fully saturated rings. The van der Waals surface area contributed by atoms with Crippen molar-refractivity contribution >= 4 is 22.0 Å². The molecule has 4 heteroatoms. The molecule has 1 aromatic carbocycles. The van der Waals surface area contributed by atoms with Gasteiger partial charge in [-0.05, 0) is 18.4 Å². The number of alkyl carbamates (subject to hydrolysis) is 1. The normalized spacial score (nSPS) is 23.4. The first-order chi connectivity index (χ1) is 8.75. The number of hydrogen-bond acceptors (Lipinski definition) is 2. The van der Waals surface area contributed by atoms with E-state index in [4.69, 9.17) is 4.74 Å². The van der Waals surface area contributed by atoms with Crippen LogP contribution in [0.3, 0.4) is 0 Å². The van der Waals surface area contributed by atoms with E-state index < -0.39 is 0 Å². The van der Waals surface area contributed by atoms with E-state index in [0.717, 1.165) is 18.4 Å². The van der Waals surface area contributed by atoms with Crippen LogP contribution >= 0.6 is 15.9 Å². The van der Waals surface area contributed by atoms with Crippen LogP contribution in [0.25, 0.3) is 0 Å². The summed E-state index contributed by atoms with van der Waals surface area (Å²) in [5.74, 6) is 0. The number of rotatable bonds is 3. The van der Waals surface area contributed by atoms with Gasteiger partial charge in [-0.15, -0.1) is 0 Å². The third-order valence-corrected chi connectivity index (χ3v) is 4.29. The molecule has 2 unspecified atom stereocenters. The Hall–Kier alpha value is -1.03. The maximum Gasteiger partial charge on any atom is 0.407 e. The van der Waals surface area contributed by atoms with Gasteiger partial charge in [0.05, 0.1) is 0 Å². The zero-order chi connectivity index (χ0) is 12.8. The van der Waals surface area contributed by atoms with Gasteiger partial charge in [-0.25, -0.2) is 4.79 Å². The number of halogens is 1. The Morgan fingerprint density at radius 2 is 2.00 bits per heavy atom. The fourth-order valence-corrected chi connectivity index (χ4v) is 2.88. The standard InChI is InChI=1S/C14H18BrNO2/c15-12-8-4-5-9-13(12)16-14(17)18-10-11-6-2-1-3-7-11/h1-3,6-7,12-13H,4-5,8-10H2,(H,16,17). The number of nitrogens with one attached hydrogen (secondary N) is 1. The summed E-state index contributed by atoms with van der Waals surface area (Å²) >= 11 is 3.61. The number of ether oxygens (including phenoxy) is 1. The highest BCUT2D eigenvalue weighted by atomic mass is 79.9. The molecule has 1 aliphatic rings. The summed E-state index contributed by atoms with van der Waals surface area (Å²) in [7, 11) is 0. The van der Waals surface area contributed by atoms with Crippen LogP contribution in [-0.2, 0) is 11.3 Å². The van der Waals surface area contributed by atoms with Crippen molar-refractivity contribution < 1.29 is 9.53 Å². The van der Waals surface area contributed by atoms with Crippen molar-refractivity contribution in [1.29, 1.82) is 0 Å². The first-order valence-corrected chi connectivity index (χ1v) is 7.28. The zero-order valence-electron chi connectivity index (χ0n) is 10.3. The van der Waals surface area contributed by atoms with Crippen LogP contribution < -0.4 is 5.32 Å². The van der Waals surface area contributed by atoms with Gasteiger partial charge in [-0.3, -0.25) is 0 Å². The molecule has 0 aromatic heterocycles. The average Bonchev–Trinajstić information content (AvgIpc) is 2.40. The van der Waals surface area contributed by atoms with E-state index in [1.54, 1.807) is 0 Å². The van der Waals surface area contributed by atoms with Gasteiger partial charge in [0.2, 0.25) is 0 Å². The minimum Gasteiger partial charge on any atom is -0.445 e. The van der Waals surface area contributed by atoms with Crippen LogP contribution in [0, 0.1) is 0 Å². The van der Waals surface area contributed by atoms with Gasteiger partial charge < -0.3 is 10.1 Å². The van der Waals surface area contributed by atoms with Crippen molar-refractivity contribution in [1.82, 2.24) is 5.32 Å². The van der Waals surface area contributed by atoms with Gasteiger partial charge in [0.25, 0.3) is 0 Å². The Labute approximate surface area is 116 Å². The Morgan fingerprint density at radius 1 is 1.28 bits per heavy atom. The van der Waals surface area contributed by atoms with Crippen LogP contribution in [0.2, 0.25) is 0 Å². The van der Waals surface area contributed by atoms with E-state index in [2.05, 4.69) is 21.2 Å². The SMILES string of the molecule is O=C(NC1CCCCC1Br)OCc1ccccc1. The summed E-state index contributed by atoms with van der Waals surface area (Å²) in [6.07, 6.45) is 4.22. The van der Waals surface area contributed by atoms with Crippen LogP contribution in [0.15, 0.2) is 30.3 Å². The molecule has 3 nitrogen and oxygen atoms in total. The third kappa shape index (κ3) is 4.02. The van der Waals surface area contributed by atoms with Crippen molar-refractivity contribution in [2.75, 3.05) is 0 Å². The number of hydrogen-bond donors (Lipinski definition) is 1. The maximum atomic E-state index is 11.7. The lowest BCUT2D eigenvalue weighted by molar-refractivity contribution is 0.133. The van der Waals surface area contributed by atoms with Crippen molar-refractivity contribution in [3.05, 3.63) is 35.9 Å². The number of alkyl halides is 1. The molecular weight excluding hydrogens is 294 g/mol. The highest BCUT2D eigenvalue weighted by Crippen LogP contribution is 2.24. The second kappa shape index (κ2) is 6.78. The minimum absolute atomic E-state index is 0.196. The van der Waals surface area contributed by atoms with Crippen LogP contribution in [0.1, 0.15) is 31.2 Å². The summed E-state index contributed by atoms with van der Waals surface area (Å²) in [5.41, 5.74) is 1.01. The average molecular weight is 312 g/mol. The van der Waals surface area contributed by atoms with Crippen LogP contribution in [0.5, 0.6) is 0 Å². The first kappa shape index (κ1) is 13.4. The molecule has 1 N–H and O–H groups in total. The van der Waals surface area contributed by atoms with E-state index >= 15 is 0 Å². The molecule has 2 rings (SSSR count). The molecule has 1 saturated carbocycles. The summed E-state index contributed by atoms with van der Waals surface area (Å²) in [6.45, 7) is 0.326. The van der Waals surface area contributed by atoms with Gasteiger partial charge in [-0.1, -0.05) is 59.1 Å². The highest BCUT2D eigenvalue weighted by molar-refractivity contribution is 9.09. The summed E-state index contributed by atoms with van der Waals surface area (Å²) in [4.78, 5) is 12.0. The Morgan fingerprint density at radius 3 is 2.72 bits per heavy atom. The molecule has 0 spiro atoms. The first-order valence-electron chi connectivity index (χ1n) is 6.37. The monoisotopic (exact) mass is 311 g/mol. The molecular formula is C14H18BrNO2. The second-order valence-corrected chi connectivity index (χ2v) is 5.79. The van der Waals surface area contributed by atoms with Gasteiger partial charge in [-0.2, -0.15) is 0 Å². The molecule has 2 atom stereocenters. The van der Waals surface area contributed by atoms with E-state index in [9.17, 15) is 4.79 Å². The fourth-order valence-electron chi connectivity index (χ4n) is 2.16. The number of carbonyl (C=O) groups excluding carboxylic acids is 1. The molecule has 0 aliphatic heterocycles. The quantitative estimate of drug-likeness (QED) is 0.866. The lowest BCUT2D eigenvalue weighted by Gasteiger charge is -2.27. The van der Waals surface area contributed by atoms with Gasteiger partial charge >= 0.3 is 6.09 Å². The largest absolute Gasteiger partial charge is 0.445 e. The fraction of sp³-hybridized carbons (Fsp3) is 0.500. The van der Waals surface area contributed by atoms with Crippen LogP contribution in [0.4, 0.5) is 4.79 Å². The zero-order valence-corrected chi connectivity index (χ0v) is 11.9. The van der Waals surface area contributed by atoms with E-state index in [-0.39, 0.29) is 12.1 Å². The molecule has 1 aliphatic carbocycles. The Balaban J connectivity index is 1.75. The minimum atomic E-state index is -0.324. The number of amides is 1. The second-order valence-electron chi connectivity index (χ2n) is 4.61. The molecule has 98 valence electrons. The van der Waals surface area contributed by atoms with Crippen molar-refractivity contribution in [2.24, 2.45) is 0 Å². The van der Waals surface area contributed by atoms with Gasteiger partial charge in [0, 0.05) is 10.9 Å². The Kier molecular flexibility index (Phi) is 5.05. The predicted molar refractivity (Wildman–Crippen MR) is 74.7 cm³/mol. The van der Waals surface area contributed by atoms with Crippen molar-refractivity contribution in [2.45, 2.75) is 43.2 Å². The lowest BCUT2D eigenvalue weighted by Crippen LogP contribution is -2.42. The maximum absolute atomic E-state index is 11.7. The predicted octanol–water partition coefficient (Wildman–Crippen LogP) is 3.62. The molecule has 0 heterocycles. The third-order valence-electron chi connectivity index (χ3n) is 3.20. The summed E-state index contributed by atoms with van der Waals surface area (Å²) < 4.78 is 5.21. The molecule has 0 radical (unpaired) electrons. The van der Waals surface area contributed by atoms with E-state index in [1.165, 1.54) is 12.8 Å². The topological polar surface area (TPSA) is 38.3 Å². The molecule has 18 heavy (non-hydrogen) atoms. The van der Waals surface area contributed by atoms with Crippen molar-refractivity contribution in [3.63, 3.8) is 0 Å². The molecule has 0 bridgehead atoms. The van der Waals surface area contributed by atoms with E-state index in [0.29, 0.717) is 11.4 Å². The van der Waals surface area contributed by atoms with E-state index in [1.807, 2.05) is 30.3 Å². The van der Waals surface area contributed by atoms with Gasteiger partial charge in [0.15, 0.2) is 0 Å². The van der Waals surface area contributed by atoms with Gasteiger partial charge in [0.1, 0.15) is 6.61 Å². The van der Waals surface area contributed by atoms with Crippen molar-refractivity contribution in [3.8, 4) is 0 Å². The van der Waals surface area contributed by atoms with Crippen LogP contribution in [-0.4, -0.2) is 17.0 Å². The molecule has 1 aromatic rings. The molecule has 0 saturated heterocycles.